The van der Waals surface area contributed by atoms with E-state index in [1.54, 1.807) is 0 Å². The Morgan fingerprint density at radius 2 is 1.00 bits per heavy atom. The van der Waals surface area contributed by atoms with Crippen LogP contribution in [0.25, 0.3) is 0 Å². The van der Waals surface area contributed by atoms with Crippen LogP contribution in [0.15, 0.2) is 0 Å². The van der Waals surface area contributed by atoms with E-state index in [2.05, 4.69) is 0 Å². The van der Waals surface area contributed by atoms with Crippen molar-refractivity contribution in [2.24, 2.45) is 17.2 Å². The van der Waals surface area contributed by atoms with Crippen LogP contribution in [0.1, 0.15) is 0 Å². The first-order valence-corrected chi connectivity index (χ1v) is 8.91. The fourth-order valence-electron chi connectivity index (χ4n) is 0. The van der Waals surface area contributed by atoms with Crippen molar-refractivity contribution in [1.29, 1.82) is 0 Å². The van der Waals surface area contributed by atoms with Gasteiger partial charge in [0.05, 0.1) is 0 Å². The SMILES string of the molecule is [NH2][Pt]([NH2])([NH2])([NH2])[Cl]. The fourth-order valence-corrected chi connectivity index (χ4v) is 0. The first kappa shape index (κ1) is 6.82. The third-order valence-electron chi connectivity index (χ3n) is 0. The van der Waals surface area contributed by atoms with Gasteiger partial charge in [0.25, 0.3) is 0 Å². The van der Waals surface area contributed by atoms with Gasteiger partial charge in [0.15, 0.2) is 0 Å². The zero-order valence-corrected chi connectivity index (χ0v) is 6.03. The van der Waals surface area contributed by atoms with Gasteiger partial charge in [0.1, 0.15) is 0 Å². The van der Waals surface area contributed by atoms with Gasteiger partial charge in [-0.2, -0.15) is 0 Å². The van der Waals surface area contributed by atoms with E-state index in [1.807, 2.05) is 0 Å². The summed E-state index contributed by atoms with van der Waals surface area (Å²) >= 11 is -4.08. The van der Waals surface area contributed by atoms with Crippen molar-refractivity contribution in [3.8, 4) is 0 Å². The third-order valence-corrected chi connectivity index (χ3v) is 0. The molecule has 0 radical (unpaired) electrons. The number of halogens is 1. The maximum atomic E-state index is 5.08. The molecule has 0 aromatic carbocycles. The van der Waals surface area contributed by atoms with Crippen molar-refractivity contribution >= 4 is 9.42 Å². The molecule has 0 atom stereocenters. The van der Waals surface area contributed by atoms with Gasteiger partial charge < -0.3 is 0 Å². The molecular formula is H8ClN4Pt. The van der Waals surface area contributed by atoms with Gasteiger partial charge >= 0.3 is 41.4 Å². The van der Waals surface area contributed by atoms with Crippen LogP contribution in [-0.4, -0.2) is 0 Å². The van der Waals surface area contributed by atoms with Gasteiger partial charge in [-0.3, -0.25) is 0 Å². The molecule has 0 aromatic rings. The van der Waals surface area contributed by atoms with Crippen LogP contribution in [0.2, 0.25) is 0 Å². The molecule has 0 rings (SSSR count). The Hall–Kier alpha value is 0.818. The van der Waals surface area contributed by atoms with E-state index < -0.39 is 14.8 Å². The second-order valence-corrected chi connectivity index (χ2v) is 12.0. The summed E-state index contributed by atoms with van der Waals surface area (Å²) in [5.74, 6) is 0. The summed E-state index contributed by atoms with van der Waals surface area (Å²) in [4.78, 5) is 0. The third kappa shape index (κ3) is 105. The van der Waals surface area contributed by atoms with E-state index in [0.717, 1.165) is 0 Å². The van der Waals surface area contributed by atoms with Crippen molar-refractivity contribution in [1.82, 2.24) is 0 Å². The minimum absolute atomic E-state index is 4.08. The maximum absolute atomic E-state index is 5.08. The molecule has 45 valence electrons. The van der Waals surface area contributed by atoms with Crippen LogP contribution in [0, 0.1) is 0 Å². The Morgan fingerprint density at radius 1 is 1.00 bits per heavy atom. The van der Waals surface area contributed by atoms with Crippen LogP contribution in [0.4, 0.5) is 0 Å². The zero-order valence-electron chi connectivity index (χ0n) is 3.00. The van der Waals surface area contributed by atoms with Gasteiger partial charge in [-0.05, 0) is 0 Å². The van der Waals surface area contributed by atoms with Gasteiger partial charge in [-0.15, -0.1) is 0 Å². The summed E-state index contributed by atoms with van der Waals surface area (Å²) in [5, 5.41) is 0. The molecule has 0 bridgehead atoms. The normalized spacial score (nSPS) is 19.2. The summed E-state index contributed by atoms with van der Waals surface area (Å²) in [7, 11) is 5.08. The van der Waals surface area contributed by atoms with E-state index in [9.17, 15) is 0 Å². The summed E-state index contributed by atoms with van der Waals surface area (Å²) in [6, 6.07) is 0. The topological polar surface area (TPSA) is 104 Å². The van der Waals surface area contributed by atoms with Crippen LogP contribution in [0.3, 0.4) is 0 Å². The van der Waals surface area contributed by atoms with Crippen molar-refractivity contribution in [3.05, 3.63) is 0 Å². The number of rotatable bonds is 0. The molecule has 8 N–H and O–H groups in total. The van der Waals surface area contributed by atoms with Crippen molar-refractivity contribution in [2.45, 2.75) is 0 Å². The van der Waals surface area contributed by atoms with Crippen LogP contribution in [0.5, 0.6) is 0 Å². The molecule has 0 saturated heterocycles. The van der Waals surface area contributed by atoms with Gasteiger partial charge in [-0.25, -0.2) is 0 Å². The average Bonchev–Trinajstić information content (AvgIpc) is 0.650. The van der Waals surface area contributed by atoms with Crippen LogP contribution < -0.4 is 17.2 Å². The molecular weight excluding hydrogens is 287 g/mol. The Bertz CT molecular complexity index is 40.7. The second-order valence-electron chi connectivity index (χ2n) is 0.908. The molecule has 0 amide bonds. The summed E-state index contributed by atoms with van der Waals surface area (Å²) in [5.41, 5.74) is 0. The first-order valence-electron chi connectivity index (χ1n) is 0.850. The molecule has 6 heteroatoms. The molecule has 0 heterocycles. The monoisotopic (exact) mass is 294 g/mol. The molecule has 0 aliphatic heterocycles. The van der Waals surface area contributed by atoms with E-state index in [0.29, 0.717) is 0 Å². The molecule has 0 saturated carbocycles. The summed E-state index contributed by atoms with van der Waals surface area (Å²) in [6.07, 6.45) is 0. The van der Waals surface area contributed by atoms with E-state index in [1.165, 1.54) is 0 Å². The predicted molar refractivity (Wildman–Crippen MR) is 22.6 cm³/mol. The van der Waals surface area contributed by atoms with Gasteiger partial charge in [0.2, 0.25) is 0 Å². The van der Waals surface area contributed by atoms with Crippen molar-refractivity contribution < 1.29 is 14.8 Å². The minimum atomic E-state index is -4.08. The van der Waals surface area contributed by atoms with Crippen LogP contribution >= 0.6 is 9.42 Å². The molecule has 0 spiro atoms. The van der Waals surface area contributed by atoms with Crippen molar-refractivity contribution in [3.63, 3.8) is 0 Å². The van der Waals surface area contributed by atoms with Gasteiger partial charge in [0, 0.05) is 0 Å². The quantitative estimate of drug-likeness (QED) is 0.428. The zero-order chi connectivity index (χ0) is 5.45. The number of nitrogens with two attached hydrogens (primary N) is 4. The molecule has 4 nitrogen and oxygen atoms in total. The molecule has 0 unspecified atom stereocenters. The van der Waals surface area contributed by atoms with Gasteiger partial charge in [-0.1, -0.05) is 0 Å². The van der Waals surface area contributed by atoms with Crippen molar-refractivity contribution in [2.75, 3.05) is 0 Å². The van der Waals surface area contributed by atoms with Crippen LogP contribution in [-0.2, 0) is 14.8 Å². The Balaban J connectivity index is 3.73. The standard InChI is InChI=1S/ClH.4H2N.Pt/h1H;4*1H2;/q;4*-1;+5/p-1. The Morgan fingerprint density at radius 3 is 1.00 bits per heavy atom. The molecule has 0 fully saturated rings. The molecule has 0 aromatic heterocycles. The molecule has 0 aliphatic rings. The van der Waals surface area contributed by atoms with E-state index >= 15 is 0 Å². The summed E-state index contributed by atoms with van der Waals surface area (Å²) in [6.45, 7) is 0. The Labute approximate surface area is 41.7 Å². The Kier molecular flexibility index (Phi) is 1.31. The second kappa shape index (κ2) is 1.15. The molecule has 0 aliphatic carbocycles. The van der Waals surface area contributed by atoms with E-state index in [4.69, 9.17) is 26.6 Å². The number of hydrogen-bond donors (Lipinski definition) is 4. The van der Waals surface area contributed by atoms with E-state index in [-0.39, 0.29) is 0 Å². The fraction of sp³-hybridized carbons (Fsp3) is 0. The average molecular weight is 295 g/mol. The number of hydrogen-bond acceptors (Lipinski definition) is 4. The summed E-state index contributed by atoms with van der Waals surface area (Å²) < 4.78 is 19.5. The predicted octanol–water partition coefficient (Wildman–Crippen LogP) is -1.68. The first-order chi connectivity index (χ1) is 2.24. The molecule has 6 heavy (non-hydrogen) atoms.